The van der Waals surface area contributed by atoms with Crippen LogP contribution in [0.15, 0.2) is 36.4 Å². The second kappa shape index (κ2) is 4.83. The average molecular weight is 187 g/mol. The molecule has 0 fully saturated rings. The second-order valence-corrected chi connectivity index (χ2v) is 2.56. The maximum absolute atomic E-state index is 10.9. The van der Waals surface area contributed by atoms with E-state index >= 15 is 0 Å². The van der Waals surface area contributed by atoms with Crippen molar-refractivity contribution in [2.75, 3.05) is 7.11 Å². The number of methoxy groups -OCH3 is 1. The Morgan fingerprint density at radius 2 is 2.07 bits per heavy atom. The molecular formula is C11H9NO2. The number of ether oxygens (including phenoxy) is 1. The zero-order valence-corrected chi connectivity index (χ0v) is 7.73. The van der Waals surface area contributed by atoms with E-state index in [2.05, 4.69) is 4.74 Å². The molecule has 1 aromatic carbocycles. The number of esters is 1. The number of nitriles is 1. The first kappa shape index (κ1) is 10.0. The maximum atomic E-state index is 10.9. The molecule has 0 aliphatic rings. The number of nitrogens with zero attached hydrogens (tertiary/aromatic N) is 1. The van der Waals surface area contributed by atoms with Crippen LogP contribution in [0.25, 0.3) is 5.57 Å². The number of benzene rings is 1. The van der Waals surface area contributed by atoms with Crippen molar-refractivity contribution in [2.24, 2.45) is 0 Å². The molecule has 0 heterocycles. The molecule has 14 heavy (non-hydrogen) atoms. The van der Waals surface area contributed by atoms with Crippen molar-refractivity contribution in [1.82, 2.24) is 0 Å². The van der Waals surface area contributed by atoms with Gasteiger partial charge in [0.15, 0.2) is 0 Å². The van der Waals surface area contributed by atoms with Crippen LogP contribution in [0.4, 0.5) is 0 Å². The highest BCUT2D eigenvalue weighted by Crippen LogP contribution is 2.12. The summed E-state index contributed by atoms with van der Waals surface area (Å²) in [4.78, 5) is 10.9. The highest BCUT2D eigenvalue weighted by molar-refractivity contribution is 5.95. The fourth-order valence-electron chi connectivity index (χ4n) is 0.975. The first-order valence-electron chi connectivity index (χ1n) is 4.03. The highest BCUT2D eigenvalue weighted by atomic mass is 16.5. The highest BCUT2D eigenvalue weighted by Gasteiger charge is 2.02. The van der Waals surface area contributed by atoms with Gasteiger partial charge < -0.3 is 4.74 Å². The summed E-state index contributed by atoms with van der Waals surface area (Å²) in [7, 11) is 1.28. The van der Waals surface area contributed by atoms with Crippen LogP contribution in [0.3, 0.4) is 0 Å². The minimum absolute atomic E-state index is 0.303. The second-order valence-electron chi connectivity index (χ2n) is 2.56. The molecule has 0 bridgehead atoms. The number of hydrogen-bond acceptors (Lipinski definition) is 3. The molecule has 0 atom stereocenters. The molecule has 1 aromatic rings. The lowest BCUT2D eigenvalue weighted by atomic mass is 10.1. The molecule has 0 amide bonds. The molecule has 0 saturated heterocycles. The normalized spacial score (nSPS) is 10.4. The third-order valence-electron chi connectivity index (χ3n) is 1.67. The topological polar surface area (TPSA) is 50.1 Å². The molecule has 3 nitrogen and oxygen atoms in total. The predicted molar refractivity (Wildman–Crippen MR) is 52.0 cm³/mol. The molecule has 0 aliphatic heterocycles. The summed E-state index contributed by atoms with van der Waals surface area (Å²) >= 11 is 0. The zero-order valence-electron chi connectivity index (χ0n) is 7.73. The Kier molecular flexibility index (Phi) is 3.45. The number of rotatable bonds is 2. The van der Waals surface area contributed by atoms with Crippen molar-refractivity contribution < 1.29 is 9.53 Å². The lowest BCUT2D eigenvalue weighted by Gasteiger charge is -1.97. The van der Waals surface area contributed by atoms with Gasteiger partial charge in [-0.25, -0.2) is 4.79 Å². The van der Waals surface area contributed by atoms with E-state index in [1.807, 2.05) is 12.1 Å². The van der Waals surface area contributed by atoms with Crippen LogP contribution in [-0.4, -0.2) is 13.1 Å². The van der Waals surface area contributed by atoms with Crippen molar-refractivity contribution in [2.45, 2.75) is 0 Å². The summed E-state index contributed by atoms with van der Waals surface area (Å²) in [5, 5.41) is 8.80. The third-order valence-corrected chi connectivity index (χ3v) is 1.67. The Hall–Kier alpha value is -2.08. The molecule has 0 aliphatic carbocycles. The van der Waals surface area contributed by atoms with Gasteiger partial charge >= 0.3 is 5.97 Å². The summed E-state index contributed by atoms with van der Waals surface area (Å²) in [6, 6.07) is 10.9. The van der Waals surface area contributed by atoms with E-state index in [9.17, 15) is 4.79 Å². The van der Waals surface area contributed by atoms with Crippen LogP contribution in [0.1, 0.15) is 5.56 Å². The maximum Gasteiger partial charge on any atom is 0.331 e. The summed E-state index contributed by atoms with van der Waals surface area (Å²) in [6.45, 7) is 0. The fraction of sp³-hybridized carbons (Fsp3) is 0.0909. The number of carbonyl (C=O) groups excluding carboxylic acids is 1. The van der Waals surface area contributed by atoms with Crippen molar-refractivity contribution in [3.63, 3.8) is 0 Å². The zero-order chi connectivity index (χ0) is 10.4. The Morgan fingerprint density at radius 1 is 1.43 bits per heavy atom. The van der Waals surface area contributed by atoms with E-state index < -0.39 is 5.97 Å². The van der Waals surface area contributed by atoms with Crippen LogP contribution in [0, 0.1) is 11.3 Å². The Labute approximate surface area is 82.2 Å². The first-order chi connectivity index (χ1) is 6.77. The molecule has 0 spiro atoms. The lowest BCUT2D eigenvalue weighted by molar-refractivity contribution is -0.134. The van der Waals surface area contributed by atoms with Gasteiger partial charge in [-0.05, 0) is 5.56 Å². The molecule has 70 valence electrons. The van der Waals surface area contributed by atoms with Gasteiger partial charge in [-0.2, -0.15) is 5.26 Å². The summed E-state index contributed by atoms with van der Waals surface area (Å²) in [5.41, 5.74) is 1.01. The van der Waals surface area contributed by atoms with Crippen LogP contribution >= 0.6 is 0 Å². The van der Waals surface area contributed by atoms with Crippen molar-refractivity contribution in [1.29, 1.82) is 5.26 Å². The SMILES string of the molecule is COC(=O)C=C(C#N)c1ccccc1. The minimum atomic E-state index is -0.523. The molecule has 0 unspecified atom stereocenters. The standard InChI is InChI=1S/C11H9NO2/c1-14-11(13)7-10(8-12)9-5-3-2-4-6-9/h2-7H,1H3. The largest absolute Gasteiger partial charge is 0.466 e. The average Bonchev–Trinajstić information content (AvgIpc) is 2.26. The van der Waals surface area contributed by atoms with E-state index in [4.69, 9.17) is 5.26 Å². The minimum Gasteiger partial charge on any atom is -0.466 e. The molecule has 0 saturated carbocycles. The molecule has 0 N–H and O–H groups in total. The number of carbonyl (C=O) groups is 1. The Bertz CT molecular complexity index is 387. The van der Waals surface area contributed by atoms with Crippen LogP contribution in [-0.2, 0) is 9.53 Å². The van der Waals surface area contributed by atoms with Gasteiger partial charge in [-0.15, -0.1) is 0 Å². The molecule has 3 heteroatoms. The quantitative estimate of drug-likeness (QED) is 0.402. The molecule has 1 rings (SSSR count). The fourth-order valence-corrected chi connectivity index (χ4v) is 0.975. The van der Waals surface area contributed by atoms with Gasteiger partial charge in [0.1, 0.15) is 6.07 Å². The van der Waals surface area contributed by atoms with Gasteiger partial charge in [0.2, 0.25) is 0 Å². The van der Waals surface area contributed by atoms with Crippen molar-refractivity contribution in [3.8, 4) is 6.07 Å². The van der Waals surface area contributed by atoms with Crippen LogP contribution < -0.4 is 0 Å². The van der Waals surface area contributed by atoms with E-state index in [0.29, 0.717) is 11.1 Å². The number of hydrogen-bond donors (Lipinski definition) is 0. The van der Waals surface area contributed by atoms with Crippen LogP contribution in [0.5, 0.6) is 0 Å². The monoisotopic (exact) mass is 187 g/mol. The van der Waals surface area contributed by atoms with Crippen molar-refractivity contribution in [3.05, 3.63) is 42.0 Å². The van der Waals surface area contributed by atoms with E-state index in [-0.39, 0.29) is 0 Å². The summed E-state index contributed by atoms with van der Waals surface area (Å²) < 4.78 is 4.44. The van der Waals surface area contributed by atoms with E-state index in [1.165, 1.54) is 13.2 Å². The number of allylic oxidation sites excluding steroid dienone is 1. The van der Waals surface area contributed by atoms with E-state index in [1.54, 1.807) is 24.3 Å². The van der Waals surface area contributed by atoms with Gasteiger partial charge in [0.25, 0.3) is 0 Å². The van der Waals surface area contributed by atoms with Gasteiger partial charge in [-0.3, -0.25) is 0 Å². The van der Waals surface area contributed by atoms with E-state index in [0.717, 1.165) is 0 Å². The van der Waals surface area contributed by atoms with Gasteiger partial charge in [0.05, 0.1) is 12.7 Å². The Morgan fingerprint density at radius 3 is 2.57 bits per heavy atom. The van der Waals surface area contributed by atoms with Crippen LogP contribution in [0.2, 0.25) is 0 Å². The summed E-state index contributed by atoms with van der Waals surface area (Å²) in [5.74, 6) is -0.523. The lowest BCUT2D eigenvalue weighted by Crippen LogP contribution is -1.96. The molecular weight excluding hydrogens is 178 g/mol. The Balaban J connectivity index is 3.01. The van der Waals surface area contributed by atoms with Crippen molar-refractivity contribution >= 4 is 11.5 Å². The smallest absolute Gasteiger partial charge is 0.331 e. The first-order valence-corrected chi connectivity index (χ1v) is 4.03. The molecule has 0 aromatic heterocycles. The summed E-state index contributed by atoms with van der Waals surface area (Å²) in [6.07, 6.45) is 1.18. The van der Waals surface area contributed by atoms with Gasteiger partial charge in [0, 0.05) is 6.08 Å². The third kappa shape index (κ3) is 2.46. The predicted octanol–water partition coefficient (Wildman–Crippen LogP) is 1.77. The van der Waals surface area contributed by atoms with Gasteiger partial charge in [-0.1, -0.05) is 30.3 Å². The molecule has 0 radical (unpaired) electrons.